The lowest BCUT2D eigenvalue weighted by atomic mass is 10.3. The van der Waals surface area contributed by atoms with Crippen molar-refractivity contribution >= 4 is 11.6 Å². The third kappa shape index (κ3) is 2.78. The maximum absolute atomic E-state index is 4.41. The predicted molar refractivity (Wildman–Crippen MR) is 56.3 cm³/mol. The Bertz CT molecular complexity index is 277. The van der Waals surface area contributed by atoms with E-state index < -0.39 is 0 Å². The molecule has 1 aromatic rings. The molecule has 0 fully saturated rings. The third-order valence-corrected chi connectivity index (χ3v) is 1.64. The van der Waals surface area contributed by atoms with Crippen molar-refractivity contribution in [2.75, 3.05) is 21.1 Å². The normalized spacial score (nSPS) is 11.2. The number of guanidine groups is 1. The van der Waals surface area contributed by atoms with Gasteiger partial charge in [0.2, 0.25) is 0 Å². The van der Waals surface area contributed by atoms with E-state index in [0.717, 1.165) is 11.6 Å². The van der Waals surface area contributed by atoms with Crippen molar-refractivity contribution in [1.29, 1.82) is 0 Å². The monoisotopic (exact) mass is 177 g/mol. The van der Waals surface area contributed by atoms with Crippen molar-refractivity contribution in [3.05, 3.63) is 30.3 Å². The molecule has 0 aliphatic rings. The molecule has 0 aromatic heterocycles. The van der Waals surface area contributed by atoms with Crippen LogP contribution in [0.4, 0.5) is 5.69 Å². The van der Waals surface area contributed by atoms with Crippen LogP contribution >= 0.6 is 0 Å². The Balaban J connectivity index is 2.85. The van der Waals surface area contributed by atoms with Crippen molar-refractivity contribution in [3.63, 3.8) is 0 Å². The van der Waals surface area contributed by atoms with Gasteiger partial charge < -0.3 is 10.2 Å². The van der Waals surface area contributed by atoms with E-state index in [0.29, 0.717) is 0 Å². The molecule has 0 amide bonds. The maximum Gasteiger partial charge on any atom is 0.198 e. The Morgan fingerprint density at radius 1 is 1.23 bits per heavy atom. The minimum atomic E-state index is 0.853. The maximum atomic E-state index is 4.41. The topological polar surface area (TPSA) is 27.6 Å². The van der Waals surface area contributed by atoms with Crippen LogP contribution in [0.5, 0.6) is 0 Å². The van der Waals surface area contributed by atoms with Gasteiger partial charge in [0.05, 0.1) is 5.69 Å². The number of benzene rings is 1. The number of nitrogens with zero attached hydrogens (tertiary/aromatic N) is 2. The van der Waals surface area contributed by atoms with Crippen molar-refractivity contribution in [1.82, 2.24) is 10.2 Å². The van der Waals surface area contributed by atoms with E-state index in [1.807, 2.05) is 56.4 Å². The highest BCUT2D eigenvalue weighted by Gasteiger charge is 1.96. The minimum Gasteiger partial charge on any atom is -0.359 e. The van der Waals surface area contributed by atoms with Gasteiger partial charge in [-0.15, -0.1) is 0 Å². The molecule has 1 rings (SSSR count). The summed E-state index contributed by atoms with van der Waals surface area (Å²) in [5.41, 5.74) is 0.959. The summed E-state index contributed by atoms with van der Waals surface area (Å²) in [5.74, 6) is 0.853. The van der Waals surface area contributed by atoms with Crippen LogP contribution in [0.1, 0.15) is 0 Å². The van der Waals surface area contributed by atoms with Gasteiger partial charge in [0.25, 0.3) is 0 Å². The Morgan fingerprint density at radius 3 is 2.31 bits per heavy atom. The van der Waals surface area contributed by atoms with Gasteiger partial charge in [-0.2, -0.15) is 0 Å². The molecule has 0 atom stereocenters. The third-order valence-electron chi connectivity index (χ3n) is 1.64. The second kappa shape index (κ2) is 4.50. The van der Waals surface area contributed by atoms with E-state index in [9.17, 15) is 0 Å². The molecule has 0 saturated heterocycles. The van der Waals surface area contributed by atoms with Crippen LogP contribution in [0.25, 0.3) is 0 Å². The summed E-state index contributed by atoms with van der Waals surface area (Å²) in [6.07, 6.45) is 0. The fraction of sp³-hybridized carbons (Fsp3) is 0.300. The van der Waals surface area contributed by atoms with E-state index in [1.165, 1.54) is 0 Å². The van der Waals surface area contributed by atoms with E-state index >= 15 is 0 Å². The van der Waals surface area contributed by atoms with Crippen LogP contribution < -0.4 is 5.32 Å². The van der Waals surface area contributed by atoms with Crippen molar-refractivity contribution < 1.29 is 0 Å². The number of para-hydroxylation sites is 1. The number of nitrogens with one attached hydrogen (secondary N) is 1. The first-order valence-electron chi connectivity index (χ1n) is 4.23. The highest BCUT2D eigenvalue weighted by atomic mass is 15.3. The molecule has 1 aromatic carbocycles. The Labute approximate surface area is 79.1 Å². The molecule has 0 aliphatic carbocycles. The molecule has 0 heterocycles. The van der Waals surface area contributed by atoms with Gasteiger partial charge in [0.1, 0.15) is 0 Å². The van der Waals surface area contributed by atoms with Gasteiger partial charge in [-0.25, -0.2) is 4.99 Å². The van der Waals surface area contributed by atoms with E-state index in [1.54, 1.807) is 0 Å². The second-order valence-corrected chi connectivity index (χ2v) is 2.92. The molecule has 3 nitrogen and oxygen atoms in total. The lowest BCUT2D eigenvalue weighted by molar-refractivity contribution is 0.597. The van der Waals surface area contributed by atoms with Crippen LogP contribution in [0.2, 0.25) is 0 Å². The first-order chi connectivity index (χ1) is 6.24. The predicted octanol–water partition coefficient (Wildman–Crippen LogP) is 1.46. The summed E-state index contributed by atoms with van der Waals surface area (Å²) in [7, 11) is 5.78. The van der Waals surface area contributed by atoms with Gasteiger partial charge >= 0.3 is 0 Å². The lowest BCUT2D eigenvalue weighted by Crippen LogP contribution is -2.33. The standard InChI is InChI=1S/C10H15N3/c1-11-10(13(2)3)12-9-7-5-4-6-8-9/h4-8H,1-3H3,(H,11,12). The molecule has 0 bridgehead atoms. The number of rotatable bonds is 1. The molecule has 0 unspecified atom stereocenters. The summed E-state index contributed by atoms with van der Waals surface area (Å²) in [5, 5.41) is 3.03. The summed E-state index contributed by atoms with van der Waals surface area (Å²) < 4.78 is 0. The average molecular weight is 177 g/mol. The second-order valence-electron chi connectivity index (χ2n) is 2.92. The quantitative estimate of drug-likeness (QED) is 0.519. The van der Waals surface area contributed by atoms with Gasteiger partial charge in [0.15, 0.2) is 5.96 Å². The summed E-state index contributed by atoms with van der Waals surface area (Å²) in [6, 6.07) is 9.87. The first-order valence-corrected chi connectivity index (χ1v) is 4.23. The summed E-state index contributed by atoms with van der Waals surface area (Å²) in [6.45, 7) is 0. The molecule has 3 heteroatoms. The average Bonchev–Trinajstić information content (AvgIpc) is 2.15. The highest BCUT2D eigenvalue weighted by molar-refractivity contribution is 5.81. The molecule has 70 valence electrons. The fourth-order valence-corrected chi connectivity index (χ4v) is 1.00. The Hall–Kier alpha value is -1.51. The SMILES string of the molecule is CNC(=Nc1ccccc1)N(C)C. The van der Waals surface area contributed by atoms with Gasteiger partial charge in [-0.3, -0.25) is 0 Å². The highest BCUT2D eigenvalue weighted by Crippen LogP contribution is 2.09. The van der Waals surface area contributed by atoms with Crippen LogP contribution in [0, 0.1) is 0 Å². The van der Waals surface area contributed by atoms with Crippen molar-refractivity contribution in [3.8, 4) is 0 Å². The Morgan fingerprint density at radius 2 is 1.85 bits per heavy atom. The van der Waals surface area contributed by atoms with Crippen molar-refractivity contribution in [2.24, 2.45) is 4.99 Å². The number of hydrogen-bond donors (Lipinski definition) is 1. The van der Waals surface area contributed by atoms with Crippen LogP contribution in [0.15, 0.2) is 35.3 Å². The molecule has 0 spiro atoms. The molecule has 0 saturated carbocycles. The molecular formula is C10H15N3. The van der Waals surface area contributed by atoms with E-state index in [2.05, 4.69) is 10.3 Å². The molecular weight excluding hydrogens is 162 g/mol. The number of aliphatic imine (C=N–C) groups is 1. The zero-order chi connectivity index (χ0) is 9.68. The smallest absolute Gasteiger partial charge is 0.198 e. The van der Waals surface area contributed by atoms with Gasteiger partial charge in [-0.05, 0) is 12.1 Å². The Kier molecular flexibility index (Phi) is 3.31. The van der Waals surface area contributed by atoms with Crippen LogP contribution in [0.3, 0.4) is 0 Å². The van der Waals surface area contributed by atoms with Gasteiger partial charge in [-0.1, -0.05) is 18.2 Å². The molecule has 13 heavy (non-hydrogen) atoms. The van der Waals surface area contributed by atoms with E-state index in [4.69, 9.17) is 0 Å². The minimum absolute atomic E-state index is 0.853. The zero-order valence-corrected chi connectivity index (χ0v) is 8.28. The molecule has 0 radical (unpaired) electrons. The first kappa shape index (κ1) is 9.58. The van der Waals surface area contributed by atoms with Crippen LogP contribution in [-0.4, -0.2) is 32.0 Å². The molecule has 0 aliphatic heterocycles. The van der Waals surface area contributed by atoms with Crippen LogP contribution in [-0.2, 0) is 0 Å². The summed E-state index contributed by atoms with van der Waals surface area (Å²) >= 11 is 0. The summed E-state index contributed by atoms with van der Waals surface area (Å²) in [4.78, 5) is 6.35. The fourth-order valence-electron chi connectivity index (χ4n) is 1.00. The number of hydrogen-bond acceptors (Lipinski definition) is 1. The lowest BCUT2D eigenvalue weighted by Gasteiger charge is -2.14. The van der Waals surface area contributed by atoms with Gasteiger partial charge in [0, 0.05) is 21.1 Å². The zero-order valence-electron chi connectivity index (χ0n) is 8.28. The largest absolute Gasteiger partial charge is 0.359 e. The van der Waals surface area contributed by atoms with E-state index in [-0.39, 0.29) is 0 Å². The van der Waals surface area contributed by atoms with Crippen molar-refractivity contribution in [2.45, 2.75) is 0 Å². The molecule has 1 N–H and O–H groups in total.